The SMILES string of the molecule is CCOCC(C)N=C(N)N. The van der Waals surface area contributed by atoms with Gasteiger partial charge in [-0.05, 0) is 13.8 Å². The van der Waals surface area contributed by atoms with Gasteiger partial charge in [-0.1, -0.05) is 0 Å². The van der Waals surface area contributed by atoms with E-state index < -0.39 is 0 Å². The van der Waals surface area contributed by atoms with Gasteiger partial charge < -0.3 is 16.2 Å². The lowest BCUT2D eigenvalue weighted by Crippen LogP contribution is -2.26. The summed E-state index contributed by atoms with van der Waals surface area (Å²) in [4.78, 5) is 3.86. The molecule has 0 aliphatic carbocycles. The van der Waals surface area contributed by atoms with Gasteiger partial charge in [-0.25, -0.2) is 4.99 Å². The van der Waals surface area contributed by atoms with Crippen LogP contribution in [0, 0.1) is 0 Å². The van der Waals surface area contributed by atoms with Gasteiger partial charge in [0.1, 0.15) is 0 Å². The lowest BCUT2D eigenvalue weighted by atomic mass is 10.4. The smallest absolute Gasteiger partial charge is 0.186 e. The molecule has 1 unspecified atom stereocenters. The zero-order valence-corrected chi connectivity index (χ0v) is 6.50. The molecule has 0 amide bonds. The lowest BCUT2D eigenvalue weighted by molar-refractivity contribution is 0.137. The highest BCUT2D eigenvalue weighted by Crippen LogP contribution is 1.88. The summed E-state index contributed by atoms with van der Waals surface area (Å²) >= 11 is 0. The van der Waals surface area contributed by atoms with E-state index in [0.29, 0.717) is 13.2 Å². The van der Waals surface area contributed by atoms with Crippen LogP contribution in [0.3, 0.4) is 0 Å². The zero-order valence-electron chi connectivity index (χ0n) is 6.50. The highest BCUT2D eigenvalue weighted by atomic mass is 16.5. The molecule has 60 valence electrons. The normalized spacial score (nSPS) is 12.6. The average molecular weight is 145 g/mol. The predicted octanol–water partition coefficient (Wildman–Crippen LogP) is -0.315. The van der Waals surface area contributed by atoms with Crippen LogP contribution in [0.25, 0.3) is 0 Å². The van der Waals surface area contributed by atoms with E-state index in [-0.39, 0.29) is 12.0 Å². The van der Waals surface area contributed by atoms with Crippen molar-refractivity contribution in [3.63, 3.8) is 0 Å². The van der Waals surface area contributed by atoms with Crippen molar-refractivity contribution in [1.29, 1.82) is 0 Å². The molecule has 0 saturated carbocycles. The molecular formula is C6H15N3O. The van der Waals surface area contributed by atoms with E-state index in [0.717, 1.165) is 0 Å². The summed E-state index contributed by atoms with van der Waals surface area (Å²) in [6.07, 6.45) is 0. The van der Waals surface area contributed by atoms with Crippen molar-refractivity contribution in [1.82, 2.24) is 0 Å². The standard InChI is InChI=1S/C6H15N3O/c1-3-10-4-5(2)9-6(7)8/h5H,3-4H2,1-2H3,(H4,7,8,9). The molecule has 0 aliphatic heterocycles. The molecular weight excluding hydrogens is 130 g/mol. The van der Waals surface area contributed by atoms with Gasteiger partial charge in [0.05, 0.1) is 12.6 Å². The van der Waals surface area contributed by atoms with Crippen LogP contribution in [0.2, 0.25) is 0 Å². The number of nitrogens with two attached hydrogens (primary N) is 2. The molecule has 10 heavy (non-hydrogen) atoms. The molecule has 0 aromatic heterocycles. The molecule has 0 radical (unpaired) electrons. The number of nitrogens with zero attached hydrogens (tertiary/aromatic N) is 1. The van der Waals surface area contributed by atoms with Crippen molar-refractivity contribution in [3.05, 3.63) is 0 Å². The summed E-state index contributed by atoms with van der Waals surface area (Å²) in [5, 5.41) is 0. The molecule has 0 aromatic rings. The fourth-order valence-electron chi connectivity index (χ4n) is 0.580. The number of hydrogen-bond acceptors (Lipinski definition) is 2. The van der Waals surface area contributed by atoms with Crippen LogP contribution >= 0.6 is 0 Å². The number of ether oxygens (including phenoxy) is 1. The topological polar surface area (TPSA) is 73.6 Å². The minimum absolute atomic E-state index is 0.0601. The van der Waals surface area contributed by atoms with Crippen molar-refractivity contribution in [2.45, 2.75) is 19.9 Å². The Kier molecular flexibility index (Phi) is 4.66. The fraction of sp³-hybridized carbons (Fsp3) is 0.833. The quantitative estimate of drug-likeness (QED) is 0.421. The van der Waals surface area contributed by atoms with Crippen molar-refractivity contribution in [3.8, 4) is 0 Å². The molecule has 0 bridgehead atoms. The highest BCUT2D eigenvalue weighted by Gasteiger charge is 1.96. The van der Waals surface area contributed by atoms with Crippen molar-refractivity contribution >= 4 is 5.96 Å². The molecule has 0 fully saturated rings. The molecule has 1 atom stereocenters. The first-order chi connectivity index (χ1) is 4.66. The van der Waals surface area contributed by atoms with E-state index in [1.54, 1.807) is 0 Å². The van der Waals surface area contributed by atoms with E-state index in [4.69, 9.17) is 16.2 Å². The van der Waals surface area contributed by atoms with Crippen molar-refractivity contribution in [2.75, 3.05) is 13.2 Å². The summed E-state index contributed by atoms with van der Waals surface area (Å²) in [5.41, 5.74) is 10.3. The summed E-state index contributed by atoms with van der Waals surface area (Å²) in [6, 6.07) is 0.0601. The Morgan fingerprint density at radius 3 is 2.60 bits per heavy atom. The third kappa shape index (κ3) is 5.37. The first-order valence-electron chi connectivity index (χ1n) is 3.33. The lowest BCUT2D eigenvalue weighted by Gasteiger charge is -2.05. The van der Waals surface area contributed by atoms with Crippen molar-refractivity contribution < 1.29 is 4.74 Å². The maximum Gasteiger partial charge on any atom is 0.186 e. The van der Waals surface area contributed by atoms with Crippen molar-refractivity contribution in [2.24, 2.45) is 16.5 Å². The summed E-state index contributed by atoms with van der Waals surface area (Å²) in [6.45, 7) is 5.11. The Hall–Kier alpha value is -0.770. The first-order valence-corrected chi connectivity index (χ1v) is 3.33. The number of guanidine groups is 1. The monoisotopic (exact) mass is 145 g/mol. The van der Waals surface area contributed by atoms with Crippen LogP contribution < -0.4 is 11.5 Å². The average Bonchev–Trinajstić information content (AvgIpc) is 1.82. The van der Waals surface area contributed by atoms with E-state index in [2.05, 4.69) is 4.99 Å². The number of aliphatic imine (C=N–C) groups is 1. The second kappa shape index (κ2) is 5.05. The van der Waals surface area contributed by atoms with Crippen LogP contribution in [0.5, 0.6) is 0 Å². The summed E-state index contributed by atoms with van der Waals surface area (Å²) in [7, 11) is 0. The maximum atomic E-state index is 5.14. The molecule has 0 spiro atoms. The second-order valence-electron chi connectivity index (χ2n) is 2.06. The third-order valence-electron chi connectivity index (χ3n) is 0.933. The van der Waals surface area contributed by atoms with Gasteiger partial charge in [0.15, 0.2) is 5.96 Å². The van der Waals surface area contributed by atoms with Crippen LogP contribution in [-0.4, -0.2) is 25.2 Å². The van der Waals surface area contributed by atoms with E-state index in [9.17, 15) is 0 Å². The van der Waals surface area contributed by atoms with Gasteiger partial charge in [0.2, 0.25) is 0 Å². The largest absolute Gasteiger partial charge is 0.380 e. The third-order valence-corrected chi connectivity index (χ3v) is 0.933. The van der Waals surface area contributed by atoms with Crippen LogP contribution in [0.4, 0.5) is 0 Å². The Bertz CT molecular complexity index is 110. The van der Waals surface area contributed by atoms with E-state index >= 15 is 0 Å². The molecule has 0 saturated heterocycles. The molecule has 0 heterocycles. The molecule has 4 heteroatoms. The number of rotatable bonds is 4. The molecule has 4 N–H and O–H groups in total. The summed E-state index contributed by atoms with van der Waals surface area (Å²) < 4.78 is 5.08. The fourth-order valence-corrected chi connectivity index (χ4v) is 0.580. The van der Waals surface area contributed by atoms with E-state index in [1.165, 1.54) is 0 Å². The molecule has 0 aliphatic rings. The highest BCUT2D eigenvalue weighted by molar-refractivity contribution is 5.75. The molecule has 0 aromatic carbocycles. The van der Waals surface area contributed by atoms with Crippen LogP contribution in [0.1, 0.15) is 13.8 Å². The predicted molar refractivity (Wildman–Crippen MR) is 41.8 cm³/mol. The Labute approximate surface area is 61.3 Å². The van der Waals surface area contributed by atoms with Gasteiger partial charge in [0, 0.05) is 6.61 Å². The van der Waals surface area contributed by atoms with Crippen LogP contribution in [-0.2, 0) is 4.74 Å². The van der Waals surface area contributed by atoms with Crippen LogP contribution in [0.15, 0.2) is 4.99 Å². The maximum absolute atomic E-state index is 5.14. The Balaban J connectivity index is 3.43. The van der Waals surface area contributed by atoms with Gasteiger partial charge >= 0.3 is 0 Å². The first kappa shape index (κ1) is 9.23. The minimum atomic E-state index is 0.0601. The molecule has 0 rings (SSSR count). The van der Waals surface area contributed by atoms with Gasteiger partial charge in [-0.2, -0.15) is 0 Å². The van der Waals surface area contributed by atoms with E-state index in [1.807, 2.05) is 13.8 Å². The van der Waals surface area contributed by atoms with Gasteiger partial charge in [0.25, 0.3) is 0 Å². The second-order valence-corrected chi connectivity index (χ2v) is 2.06. The minimum Gasteiger partial charge on any atom is -0.380 e. The summed E-state index contributed by atoms with van der Waals surface area (Å²) in [5.74, 6) is 0.118. The van der Waals surface area contributed by atoms with Gasteiger partial charge in [-0.3, -0.25) is 0 Å². The van der Waals surface area contributed by atoms with Gasteiger partial charge in [-0.15, -0.1) is 0 Å². The Morgan fingerprint density at radius 1 is 1.60 bits per heavy atom. The Morgan fingerprint density at radius 2 is 2.20 bits per heavy atom. The molecule has 4 nitrogen and oxygen atoms in total. The zero-order chi connectivity index (χ0) is 7.98. The number of hydrogen-bond donors (Lipinski definition) is 2.